The third-order valence-electron chi connectivity index (χ3n) is 5.54. The Balaban J connectivity index is 1.53. The molecule has 0 aliphatic carbocycles. The number of halogens is 3. The number of anilines is 2. The fourth-order valence-corrected chi connectivity index (χ4v) is 5.39. The standard InChI is InChI=1S/C23H24F3N3OS2/c1-14-5-4-6-19-17(14)10-20(29(19)13-23(24,25)26)22-28-12-16(32-22)11-27-18-8-7-15(31-3)9-21(18)30-2/h4-9,12,20,27H,10-11,13H2,1-3H3. The molecule has 0 fully saturated rings. The van der Waals surface area contributed by atoms with Gasteiger partial charge in [-0.3, -0.25) is 0 Å². The smallest absolute Gasteiger partial charge is 0.405 e. The molecular formula is C23H24F3N3OS2. The molecule has 0 saturated carbocycles. The summed E-state index contributed by atoms with van der Waals surface area (Å²) in [6.45, 7) is 1.48. The Labute approximate surface area is 193 Å². The van der Waals surface area contributed by atoms with Gasteiger partial charge in [0.25, 0.3) is 0 Å². The topological polar surface area (TPSA) is 37.4 Å². The number of rotatable bonds is 7. The third kappa shape index (κ3) is 4.83. The molecule has 32 heavy (non-hydrogen) atoms. The van der Waals surface area contributed by atoms with Gasteiger partial charge in [-0.2, -0.15) is 13.2 Å². The molecule has 1 aliphatic heterocycles. The molecule has 0 radical (unpaired) electrons. The van der Waals surface area contributed by atoms with Crippen molar-refractivity contribution in [3.63, 3.8) is 0 Å². The molecule has 1 atom stereocenters. The van der Waals surface area contributed by atoms with E-state index in [2.05, 4.69) is 10.3 Å². The van der Waals surface area contributed by atoms with E-state index < -0.39 is 18.8 Å². The van der Waals surface area contributed by atoms with Crippen molar-refractivity contribution in [3.05, 3.63) is 63.6 Å². The Morgan fingerprint density at radius 1 is 1.28 bits per heavy atom. The zero-order valence-corrected chi connectivity index (χ0v) is 19.6. The number of nitrogens with zero attached hydrogens (tertiary/aromatic N) is 2. The van der Waals surface area contributed by atoms with Crippen LogP contribution in [0.3, 0.4) is 0 Å². The SMILES string of the molecule is COc1cc(SC)ccc1NCc1cnc(C2Cc3c(C)cccc3N2CC(F)(F)F)s1. The van der Waals surface area contributed by atoms with Crippen LogP contribution in [0.4, 0.5) is 24.5 Å². The first-order valence-corrected chi connectivity index (χ1v) is 12.2. The van der Waals surface area contributed by atoms with Crippen LogP contribution >= 0.6 is 23.1 Å². The fraction of sp³-hybridized carbons (Fsp3) is 0.348. The molecule has 9 heteroatoms. The van der Waals surface area contributed by atoms with Gasteiger partial charge in [0.15, 0.2) is 0 Å². The van der Waals surface area contributed by atoms with Crippen LogP contribution in [-0.4, -0.2) is 31.1 Å². The van der Waals surface area contributed by atoms with E-state index in [1.807, 2.05) is 43.5 Å². The first-order valence-electron chi connectivity index (χ1n) is 10.1. The molecule has 0 saturated heterocycles. The average molecular weight is 480 g/mol. The number of hydrogen-bond donors (Lipinski definition) is 1. The van der Waals surface area contributed by atoms with Crippen LogP contribution in [0.15, 0.2) is 47.5 Å². The highest BCUT2D eigenvalue weighted by molar-refractivity contribution is 7.98. The fourth-order valence-electron chi connectivity index (χ4n) is 3.99. The van der Waals surface area contributed by atoms with Gasteiger partial charge in [-0.05, 0) is 48.6 Å². The molecule has 4 rings (SSSR count). The van der Waals surface area contributed by atoms with Crippen molar-refractivity contribution in [2.24, 2.45) is 0 Å². The number of thiazole rings is 1. The number of thioether (sulfide) groups is 1. The number of nitrogens with one attached hydrogen (secondary N) is 1. The van der Waals surface area contributed by atoms with Crippen molar-refractivity contribution in [1.82, 2.24) is 4.98 Å². The van der Waals surface area contributed by atoms with E-state index in [0.29, 0.717) is 23.7 Å². The summed E-state index contributed by atoms with van der Waals surface area (Å²) in [6, 6.07) is 11.1. The van der Waals surface area contributed by atoms with Crippen molar-refractivity contribution in [1.29, 1.82) is 0 Å². The van der Waals surface area contributed by atoms with Gasteiger partial charge in [0.2, 0.25) is 0 Å². The van der Waals surface area contributed by atoms with Gasteiger partial charge in [0.05, 0.1) is 25.4 Å². The van der Waals surface area contributed by atoms with Gasteiger partial charge in [-0.1, -0.05) is 12.1 Å². The van der Waals surface area contributed by atoms with Gasteiger partial charge in [-0.25, -0.2) is 4.98 Å². The van der Waals surface area contributed by atoms with E-state index in [-0.39, 0.29) is 0 Å². The lowest BCUT2D eigenvalue weighted by Gasteiger charge is -2.27. The van der Waals surface area contributed by atoms with Crippen molar-refractivity contribution < 1.29 is 17.9 Å². The molecule has 0 amide bonds. The summed E-state index contributed by atoms with van der Waals surface area (Å²) in [5, 5.41) is 4.05. The molecular weight excluding hydrogens is 455 g/mol. The second kappa shape index (κ2) is 9.23. The molecule has 4 nitrogen and oxygen atoms in total. The predicted octanol–water partition coefficient (Wildman–Crippen LogP) is 6.46. The minimum Gasteiger partial charge on any atom is -0.495 e. The van der Waals surface area contributed by atoms with Crippen molar-refractivity contribution in [3.8, 4) is 5.75 Å². The van der Waals surface area contributed by atoms with E-state index in [9.17, 15) is 13.2 Å². The first kappa shape index (κ1) is 22.8. The zero-order valence-electron chi connectivity index (χ0n) is 18.0. The van der Waals surface area contributed by atoms with Gasteiger partial charge in [0.1, 0.15) is 17.3 Å². The summed E-state index contributed by atoms with van der Waals surface area (Å²) in [6.07, 6.45) is -0.00384. The Morgan fingerprint density at radius 2 is 2.09 bits per heavy atom. The molecule has 2 heterocycles. The maximum absolute atomic E-state index is 13.3. The summed E-state index contributed by atoms with van der Waals surface area (Å²) in [5.41, 5.74) is 3.50. The summed E-state index contributed by atoms with van der Waals surface area (Å²) >= 11 is 3.09. The summed E-state index contributed by atoms with van der Waals surface area (Å²) < 4.78 is 45.5. The van der Waals surface area contributed by atoms with Crippen LogP contribution in [0, 0.1) is 6.92 Å². The quantitative estimate of drug-likeness (QED) is 0.394. The van der Waals surface area contributed by atoms with Crippen LogP contribution in [0.5, 0.6) is 5.75 Å². The lowest BCUT2D eigenvalue weighted by atomic mass is 10.0. The highest BCUT2D eigenvalue weighted by Gasteiger charge is 2.40. The normalized spacial score (nSPS) is 15.7. The van der Waals surface area contributed by atoms with Gasteiger partial charge in [-0.15, -0.1) is 23.1 Å². The summed E-state index contributed by atoms with van der Waals surface area (Å²) in [4.78, 5) is 8.01. The highest BCUT2D eigenvalue weighted by Crippen LogP contribution is 2.44. The second-order valence-corrected chi connectivity index (χ2v) is 9.65. The van der Waals surface area contributed by atoms with Crippen LogP contribution in [0.2, 0.25) is 0 Å². The van der Waals surface area contributed by atoms with E-state index in [1.54, 1.807) is 31.1 Å². The van der Waals surface area contributed by atoms with Gasteiger partial charge < -0.3 is 15.0 Å². The summed E-state index contributed by atoms with van der Waals surface area (Å²) in [5.74, 6) is 0.750. The molecule has 0 spiro atoms. The van der Waals surface area contributed by atoms with Crippen molar-refractivity contribution in [2.45, 2.75) is 37.0 Å². The number of aromatic nitrogens is 1. The minimum atomic E-state index is -4.29. The molecule has 170 valence electrons. The Bertz CT molecular complexity index is 1100. The van der Waals surface area contributed by atoms with Crippen LogP contribution in [-0.2, 0) is 13.0 Å². The lowest BCUT2D eigenvalue weighted by Crippen LogP contribution is -2.35. The number of ether oxygens (including phenoxy) is 1. The highest BCUT2D eigenvalue weighted by atomic mass is 32.2. The third-order valence-corrected chi connectivity index (χ3v) is 7.36. The van der Waals surface area contributed by atoms with Crippen LogP contribution in [0.1, 0.15) is 27.1 Å². The van der Waals surface area contributed by atoms with Crippen LogP contribution < -0.4 is 15.0 Å². The molecule has 1 N–H and O–H groups in total. The predicted molar refractivity (Wildman–Crippen MR) is 125 cm³/mol. The number of hydrogen-bond acceptors (Lipinski definition) is 6. The number of methoxy groups -OCH3 is 1. The van der Waals surface area contributed by atoms with E-state index in [4.69, 9.17) is 4.74 Å². The lowest BCUT2D eigenvalue weighted by molar-refractivity contribution is -0.120. The molecule has 2 aromatic carbocycles. The van der Waals surface area contributed by atoms with E-state index in [1.165, 1.54) is 16.2 Å². The monoisotopic (exact) mass is 479 g/mol. The molecule has 1 aliphatic rings. The van der Waals surface area contributed by atoms with E-state index in [0.717, 1.165) is 32.3 Å². The first-order chi connectivity index (χ1) is 15.3. The molecule has 1 aromatic heterocycles. The van der Waals surface area contributed by atoms with Crippen molar-refractivity contribution in [2.75, 3.05) is 30.1 Å². The Morgan fingerprint density at radius 3 is 2.81 bits per heavy atom. The molecule has 0 bridgehead atoms. The number of fused-ring (bicyclic) bond motifs is 1. The number of alkyl halides is 3. The van der Waals surface area contributed by atoms with Crippen LogP contribution in [0.25, 0.3) is 0 Å². The second-order valence-electron chi connectivity index (χ2n) is 7.62. The number of aryl methyl sites for hydroxylation is 1. The van der Waals surface area contributed by atoms with Gasteiger partial charge in [0, 0.05) is 28.1 Å². The maximum Gasteiger partial charge on any atom is 0.405 e. The molecule has 3 aromatic rings. The van der Waals surface area contributed by atoms with E-state index >= 15 is 0 Å². The summed E-state index contributed by atoms with van der Waals surface area (Å²) in [7, 11) is 1.63. The largest absolute Gasteiger partial charge is 0.495 e. The Kier molecular flexibility index (Phi) is 6.57. The zero-order chi connectivity index (χ0) is 22.9. The maximum atomic E-state index is 13.3. The Hall–Kier alpha value is -2.39. The average Bonchev–Trinajstić information content (AvgIpc) is 3.37. The minimum absolute atomic E-state index is 0.415. The van der Waals surface area contributed by atoms with Crippen molar-refractivity contribution >= 4 is 34.5 Å². The number of benzene rings is 2. The van der Waals surface area contributed by atoms with Gasteiger partial charge >= 0.3 is 6.18 Å². The molecule has 1 unspecified atom stereocenters.